The van der Waals surface area contributed by atoms with E-state index in [2.05, 4.69) is 15.1 Å². The Balaban J connectivity index is 0.859. The summed E-state index contributed by atoms with van der Waals surface area (Å²) < 4.78 is 40.0. The molecule has 2 aromatic heterocycles. The number of aromatic nitrogens is 4. The van der Waals surface area contributed by atoms with E-state index in [4.69, 9.17) is 0 Å². The van der Waals surface area contributed by atoms with Crippen molar-refractivity contribution in [1.29, 1.82) is 0 Å². The summed E-state index contributed by atoms with van der Waals surface area (Å²) in [6.45, 7) is 2.72. The molecular formula is C24H28F3N7O2. The molecule has 2 aliphatic carbocycles. The van der Waals surface area contributed by atoms with Crippen molar-refractivity contribution in [3.8, 4) is 0 Å². The van der Waals surface area contributed by atoms with Gasteiger partial charge in [-0.25, -0.2) is 19.4 Å². The summed E-state index contributed by atoms with van der Waals surface area (Å²) in [4.78, 5) is 26.9. The van der Waals surface area contributed by atoms with Gasteiger partial charge in [0.15, 0.2) is 5.82 Å². The van der Waals surface area contributed by atoms with E-state index < -0.39 is 17.7 Å². The molecular weight excluding hydrogens is 475 g/mol. The van der Waals surface area contributed by atoms with E-state index in [0.717, 1.165) is 44.3 Å². The van der Waals surface area contributed by atoms with Gasteiger partial charge in [0.05, 0.1) is 12.0 Å². The summed E-state index contributed by atoms with van der Waals surface area (Å²) in [6.07, 6.45) is 2.70. The summed E-state index contributed by atoms with van der Waals surface area (Å²) in [5, 5.41) is 14.6. The third-order valence-corrected chi connectivity index (χ3v) is 8.75. The highest BCUT2D eigenvalue weighted by Gasteiger charge is 2.56. The van der Waals surface area contributed by atoms with Crippen LogP contribution in [-0.2, 0) is 5.60 Å². The lowest BCUT2D eigenvalue weighted by atomic mass is 9.61. The second-order valence-electron chi connectivity index (χ2n) is 11.5. The van der Waals surface area contributed by atoms with Crippen molar-refractivity contribution in [2.75, 3.05) is 44.2 Å². The number of alkyl halides is 3. The Labute approximate surface area is 205 Å². The van der Waals surface area contributed by atoms with Gasteiger partial charge in [-0.2, -0.15) is 18.3 Å². The van der Waals surface area contributed by atoms with E-state index in [0.29, 0.717) is 24.7 Å². The summed E-state index contributed by atoms with van der Waals surface area (Å²) in [6, 6.07) is 4.05. The zero-order valence-electron chi connectivity index (χ0n) is 19.7. The first-order valence-electron chi connectivity index (χ1n) is 12.6. The average Bonchev–Trinajstić information content (AvgIpc) is 3.25. The Morgan fingerprint density at radius 1 is 1.03 bits per heavy atom. The molecule has 9 nitrogen and oxygen atoms in total. The first-order valence-corrected chi connectivity index (χ1v) is 12.6. The fourth-order valence-electron chi connectivity index (χ4n) is 6.03. The zero-order valence-corrected chi connectivity index (χ0v) is 19.7. The fourth-order valence-corrected chi connectivity index (χ4v) is 6.03. The van der Waals surface area contributed by atoms with Crippen LogP contribution in [0.5, 0.6) is 0 Å². The van der Waals surface area contributed by atoms with Gasteiger partial charge >= 0.3 is 12.2 Å². The standard InChI is InChI=1S/C24H28F3N7O2/c25-24(26,27)17-10-31(11-17)19-2-1-15(7-28-19)16-8-32(9-16)21(35)33-12-22(13-33)5-18(6-22)34-14-29-20(30-34)23(36)3-4-23/h1-2,7,14,16-18,36H,3-6,8-13H2. The van der Waals surface area contributed by atoms with Gasteiger partial charge in [0.2, 0.25) is 0 Å². The summed E-state index contributed by atoms with van der Waals surface area (Å²) in [5.41, 5.74) is 0.379. The number of amides is 2. The molecule has 3 aliphatic heterocycles. The van der Waals surface area contributed by atoms with Gasteiger partial charge in [-0.05, 0) is 37.3 Å². The maximum absolute atomic E-state index is 12.9. The number of rotatable bonds is 4. The van der Waals surface area contributed by atoms with Crippen molar-refractivity contribution >= 4 is 11.8 Å². The Morgan fingerprint density at radius 3 is 2.36 bits per heavy atom. The molecule has 5 fully saturated rings. The summed E-state index contributed by atoms with van der Waals surface area (Å²) >= 11 is 0. The quantitative estimate of drug-likeness (QED) is 0.690. The molecule has 0 aromatic carbocycles. The molecule has 12 heteroatoms. The number of pyridine rings is 1. The Hall–Kier alpha value is -2.89. The van der Waals surface area contributed by atoms with Crippen LogP contribution in [-0.4, -0.2) is 86.1 Å². The molecule has 7 rings (SSSR count). The zero-order chi connectivity index (χ0) is 24.9. The van der Waals surface area contributed by atoms with Crippen molar-refractivity contribution < 1.29 is 23.1 Å². The van der Waals surface area contributed by atoms with Crippen LogP contribution in [0.3, 0.4) is 0 Å². The van der Waals surface area contributed by atoms with Gasteiger partial charge in [-0.3, -0.25) is 0 Å². The number of carbonyl (C=O) groups is 1. The van der Waals surface area contributed by atoms with Crippen LogP contribution in [0.2, 0.25) is 0 Å². The number of anilines is 1. The molecule has 36 heavy (non-hydrogen) atoms. The minimum Gasteiger partial charge on any atom is -0.382 e. The second kappa shape index (κ2) is 7.33. The van der Waals surface area contributed by atoms with Crippen LogP contribution < -0.4 is 4.90 Å². The van der Waals surface area contributed by atoms with E-state index in [1.165, 1.54) is 0 Å². The molecule has 5 aliphatic rings. The smallest absolute Gasteiger partial charge is 0.382 e. The van der Waals surface area contributed by atoms with Crippen molar-refractivity contribution in [2.45, 2.75) is 49.4 Å². The lowest BCUT2D eigenvalue weighted by molar-refractivity contribution is -0.180. The highest BCUT2D eigenvalue weighted by Crippen LogP contribution is 2.54. The minimum atomic E-state index is -4.14. The van der Waals surface area contributed by atoms with Crippen LogP contribution in [0.25, 0.3) is 0 Å². The molecule has 0 radical (unpaired) electrons. The number of aliphatic hydroxyl groups is 1. The van der Waals surface area contributed by atoms with Crippen molar-refractivity contribution in [1.82, 2.24) is 29.5 Å². The van der Waals surface area contributed by atoms with Crippen molar-refractivity contribution in [3.63, 3.8) is 0 Å². The SMILES string of the molecule is O=C(N1CC(c2ccc(N3CC(C(F)(F)F)C3)nc2)C1)N1CC2(CC(n3cnc(C4(O)CC4)n3)C2)C1. The molecule has 0 bridgehead atoms. The summed E-state index contributed by atoms with van der Waals surface area (Å²) in [5.74, 6) is 0.0394. The first kappa shape index (κ1) is 22.3. The van der Waals surface area contributed by atoms with Gasteiger partial charge in [0.25, 0.3) is 0 Å². The maximum Gasteiger partial charge on any atom is 0.395 e. The Morgan fingerprint density at radius 2 is 1.75 bits per heavy atom. The van der Waals surface area contributed by atoms with E-state index in [-0.39, 0.29) is 36.5 Å². The molecule has 1 N–H and O–H groups in total. The van der Waals surface area contributed by atoms with Crippen LogP contribution in [0.4, 0.5) is 23.8 Å². The van der Waals surface area contributed by atoms with Crippen molar-refractivity contribution in [3.05, 3.63) is 36.0 Å². The molecule has 3 saturated heterocycles. The fraction of sp³-hybridized carbons (Fsp3) is 0.667. The molecule has 0 atom stereocenters. The lowest BCUT2D eigenvalue weighted by Gasteiger charge is -2.60. The second-order valence-corrected chi connectivity index (χ2v) is 11.5. The average molecular weight is 504 g/mol. The number of hydrogen-bond donors (Lipinski definition) is 1. The number of hydrogen-bond acceptors (Lipinski definition) is 6. The number of nitrogens with zero attached hydrogens (tertiary/aromatic N) is 7. The predicted octanol–water partition coefficient (Wildman–Crippen LogP) is 2.51. The van der Waals surface area contributed by atoms with Gasteiger partial charge < -0.3 is 19.8 Å². The number of likely N-dealkylation sites (tertiary alicyclic amines) is 2. The van der Waals surface area contributed by atoms with Crippen LogP contribution in [0.1, 0.15) is 49.0 Å². The minimum absolute atomic E-state index is 0.0388. The molecule has 2 saturated carbocycles. The van der Waals surface area contributed by atoms with Gasteiger partial charge in [-0.15, -0.1) is 0 Å². The maximum atomic E-state index is 12.9. The Bertz CT molecular complexity index is 1170. The van der Waals surface area contributed by atoms with E-state index >= 15 is 0 Å². The van der Waals surface area contributed by atoms with E-state index in [1.807, 2.05) is 20.5 Å². The molecule has 2 amide bonds. The molecule has 0 unspecified atom stereocenters. The lowest BCUT2D eigenvalue weighted by Crippen LogP contribution is -2.67. The van der Waals surface area contributed by atoms with Crippen LogP contribution >= 0.6 is 0 Å². The summed E-state index contributed by atoms with van der Waals surface area (Å²) in [7, 11) is 0. The third-order valence-electron chi connectivity index (χ3n) is 8.75. The van der Waals surface area contributed by atoms with E-state index in [9.17, 15) is 23.1 Å². The monoisotopic (exact) mass is 503 g/mol. The largest absolute Gasteiger partial charge is 0.395 e. The highest BCUT2D eigenvalue weighted by molar-refractivity contribution is 5.77. The Kier molecular flexibility index (Phi) is 4.54. The highest BCUT2D eigenvalue weighted by atomic mass is 19.4. The third kappa shape index (κ3) is 3.55. The topological polar surface area (TPSA) is 90.6 Å². The first-order chi connectivity index (χ1) is 17.1. The van der Waals surface area contributed by atoms with E-state index in [1.54, 1.807) is 23.5 Å². The van der Waals surface area contributed by atoms with Crippen LogP contribution in [0.15, 0.2) is 24.7 Å². The normalized spacial score (nSPS) is 25.3. The van der Waals surface area contributed by atoms with Gasteiger partial charge in [0, 0.05) is 56.8 Å². The molecule has 2 aromatic rings. The van der Waals surface area contributed by atoms with Crippen LogP contribution in [0, 0.1) is 11.3 Å². The number of halogens is 3. The molecule has 1 spiro atoms. The van der Waals surface area contributed by atoms with Gasteiger partial charge in [-0.1, -0.05) is 6.07 Å². The molecule has 192 valence electrons. The number of carbonyl (C=O) groups excluding carboxylic acids is 1. The molecule has 5 heterocycles. The van der Waals surface area contributed by atoms with Gasteiger partial charge in [0.1, 0.15) is 17.7 Å². The number of urea groups is 1. The van der Waals surface area contributed by atoms with Crippen molar-refractivity contribution in [2.24, 2.45) is 11.3 Å². The predicted molar refractivity (Wildman–Crippen MR) is 121 cm³/mol.